The minimum atomic E-state index is 0.720. The van der Waals surface area contributed by atoms with Crippen LogP contribution in [0.3, 0.4) is 0 Å². The van der Waals surface area contributed by atoms with Crippen molar-refractivity contribution in [2.75, 3.05) is 37.7 Å². The molecule has 0 radical (unpaired) electrons. The number of anilines is 1. The molecule has 0 unspecified atom stereocenters. The van der Waals surface area contributed by atoms with Gasteiger partial charge < -0.3 is 15.0 Å². The summed E-state index contributed by atoms with van der Waals surface area (Å²) in [6.07, 6.45) is 2.86. The molecule has 5 heteroatoms. The second kappa shape index (κ2) is 9.97. The number of hydrogen-bond acceptors (Lipinski definition) is 4. The molecule has 1 N–H and O–H groups in total. The first-order valence-corrected chi connectivity index (χ1v) is 7.78. The lowest BCUT2D eigenvalue weighted by Crippen LogP contribution is -2.28. The van der Waals surface area contributed by atoms with E-state index in [2.05, 4.69) is 35.1 Å². The predicted octanol–water partition coefficient (Wildman–Crippen LogP) is 3.10. The number of halogens is 1. The summed E-state index contributed by atoms with van der Waals surface area (Å²) in [7, 11) is 0. The molecule has 1 heterocycles. The fourth-order valence-electron chi connectivity index (χ4n) is 1.93. The highest BCUT2D eigenvalue weighted by Gasteiger charge is 2.09. The molecular formula is C15H26ClN3O. The molecule has 0 aliphatic rings. The van der Waals surface area contributed by atoms with Crippen LogP contribution in [-0.4, -0.2) is 37.8 Å². The molecule has 0 atom stereocenters. The first-order chi connectivity index (χ1) is 9.72. The molecule has 0 spiro atoms. The Morgan fingerprint density at radius 1 is 1.35 bits per heavy atom. The Bertz CT molecular complexity index is 387. The van der Waals surface area contributed by atoms with Gasteiger partial charge in [-0.05, 0) is 38.4 Å². The number of likely N-dealkylation sites (N-methyl/N-ethyl adjacent to an activating group) is 1. The van der Waals surface area contributed by atoms with Gasteiger partial charge in [0.2, 0.25) is 0 Å². The van der Waals surface area contributed by atoms with E-state index < -0.39 is 0 Å². The predicted molar refractivity (Wildman–Crippen MR) is 85.6 cm³/mol. The third kappa shape index (κ3) is 5.65. The summed E-state index contributed by atoms with van der Waals surface area (Å²) in [5.41, 5.74) is 1.10. The molecule has 1 aromatic heterocycles. The molecule has 0 amide bonds. The summed E-state index contributed by atoms with van der Waals surface area (Å²) in [5, 5.41) is 4.09. The number of pyridine rings is 1. The van der Waals surface area contributed by atoms with Crippen LogP contribution in [0.4, 0.5) is 5.82 Å². The van der Waals surface area contributed by atoms with Crippen LogP contribution in [0.15, 0.2) is 12.3 Å². The van der Waals surface area contributed by atoms with Gasteiger partial charge >= 0.3 is 0 Å². The number of aromatic nitrogens is 1. The van der Waals surface area contributed by atoms with Gasteiger partial charge in [-0.2, -0.15) is 0 Å². The summed E-state index contributed by atoms with van der Waals surface area (Å²) in [6.45, 7) is 11.3. The van der Waals surface area contributed by atoms with E-state index in [1.807, 2.05) is 6.92 Å². The largest absolute Gasteiger partial charge is 0.380 e. The second-order valence-corrected chi connectivity index (χ2v) is 4.99. The minimum absolute atomic E-state index is 0.720. The smallest absolute Gasteiger partial charge is 0.128 e. The zero-order valence-electron chi connectivity index (χ0n) is 12.8. The maximum absolute atomic E-state index is 6.20. The molecule has 0 aliphatic carbocycles. The van der Waals surface area contributed by atoms with Crippen molar-refractivity contribution in [2.45, 2.75) is 33.7 Å². The van der Waals surface area contributed by atoms with Gasteiger partial charge in [0, 0.05) is 32.4 Å². The van der Waals surface area contributed by atoms with Crippen LogP contribution < -0.4 is 10.2 Å². The Hall–Kier alpha value is -0.840. The van der Waals surface area contributed by atoms with E-state index in [0.29, 0.717) is 0 Å². The molecule has 0 aliphatic heterocycles. The third-order valence-electron chi connectivity index (χ3n) is 3.08. The van der Waals surface area contributed by atoms with Gasteiger partial charge in [-0.25, -0.2) is 4.98 Å². The standard InChI is InChI=1S/C15H26ClN3O/c1-4-7-17-11-13-10-15(18-12-14(13)16)19(5-2)8-9-20-6-3/h10,12,17H,4-9,11H2,1-3H3. The van der Waals surface area contributed by atoms with E-state index in [4.69, 9.17) is 16.3 Å². The van der Waals surface area contributed by atoms with Gasteiger partial charge in [-0.15, -0.1) is 0 Å². The van der Waals surface area contributed by atoms with Crippen LogP contribution in [0.2, 0.25) is 5.02 Å². The van der Waals surface area contributed by atoms with Gasteiger partial charge in [0.1, 0.15) is 5.82 Å². The van der Waals surface area contributed by atoms with Crippen molar-refractivity contribution in [1.29, 1.82) is 0 Å². The molecule has 0 saturated carbocycles. The van der Waals surface area contributed by atoms with Crippen LogP contribution >= 0.6 is 11.6 Å². The summed E-state index contributed by atoms with van der Waals surface area (Å²) in [4.78, 5) is 6.63. The highest BCUT2D eigenvalue weighted by atomic mass is 35.5. The topological polar surface area (TPSA) is 37.4 Å². The average molecular weight is 300 g/mol. The number of ether oxygens (including phenoxy) is 1. The first-order valence-electron chi connectivity index (χ1n) is 7.40. The van der Waals surface area contributed by atoms with E-state index >= 15 is 0 Å². The van der Waals surface area contributed by atoms with Crippen molar-refractivity contribution < 1.29 is 4.74 Å². The quantitative estimate of drug-likeness (QED) is 0.674. The summed E-state index contributed by atoms with van der Waals surface area (Å²) in [6, 6.07) is 2.07. The van der Waals surface area contributed by atoms with Gasteiger partial charge in [0.05, 0.1) is 11.6 Å². The molecule has 0 bridgehead atoms. The van der Waals surface area contributed by atoms with Crippen LogP contribution in [0, 0.1) is 0 Å². The number of rotatable bonds is 10. The Balaban J connectivity index is 2.69. The van der Waals surface area contributed by atoms with E-state index in [1.54, 1.807) is 6.20 Å². The van der Waals surface area contributed by atoms with Gasteiger partial charge in [0.25, 0.3) is 0 Å². The van der Waals surface area contributed by atoms with Crippen LogP contribution in [0.5, 0.6) is 0 Å². The summed E-state index contributed by atoms with van der Waals surface area (Å²) >= 11 is 6.20. The minimum Gasteiger partial charge on any atom is -0.380 e. The highest BCUT2D eigenvalue weighted by molar-refractivity contribution is 6.31. The van der Waals surface area contributed by atoms with E-state index in [9.17, 15) is 0 Å². The van der Waals surface area contributed by atoms with Crippen LogP contribution in [-0.2, 0) is 11.3 Å². The summed E-state index contributed by atoms with van der Waals surface area (Å²) < 4.78 is 5.41. The molecule has 1 aromatic rings. The maximum atomic E-state index is 6.20. The van der Waals surface area contributed by atoms with Crippen molar-refractivity contribution in [3.63, 3.8) is 0 Å². The molecule has 0 aromatic carbocycles. The molecule has 114 valence electrons. The summed E-state index contributed by atoms with van der Waals surface area (Å²) in [5.74, 6) is 0.963. The Labute approximate surface area is 127 Å². The van der Waals surface area contributed by atoms with Crippen molar-refractivity contribution in [3.8, 4) is 0 Å². The van der Waals surface area contributed by atoms with Crippen LogP contribution in [0.1, 0.15) is 32.8 Å². The van der Waals surface area contributed by atoms with E-state index in [1.165, 1.54) is 0 Å². The monoisotopic (exact) mass is 299 g/mol. The van der Waals surface area contributed by atoms with Crippen molar-refractivity contribution in [2.24, 2.45) is 0 Å². The molecule has 0 fully saturated rings. The van der Waals surface area contributed by atoms with Crippen molar-refractivity contribution in [1.82, 2.24) is 10.3 Å². The normalized spacial score (nSPS) is 10.8. The average Bonchev–Trinajstić information content (AvgIpc) is 2.46. The van der Waals surface area contributed by atoms with E-state index in [0.717, 1.165) is 62.2 Å². The fraction of sp³-hybridized carbons (Fsp3) is 0.667. The zero-order chi connectivity index (χ0) is 14.8. The first kappa shape index (κ1) is 17.2. The van der Waals surface area contributed by atoms with E-state index in [-0.39, 0.29) is 0 Å². The number of nitrogens with one attached hydrogen (secondary N) is 1. The van der Waals surface area contributed by atoms with Crippen molar-refractivity contribution in [3.05, 3.63) is 22.8 Å². The Morgan fingerprint density at radius 3 is 2.80 bits per heavy atom. The molecule has 0 saturated heterocycles. The second-order valence-electron chi connectivity index (χ2n) is 4.59. The van der Waals surface area contributed by atoms with Crippen molar-refractivity contribution >= 4 is 17.4 Å². The molecule has 1 rings (SSSR count). The third-order valence-corrected chi connectivity index (χ3v) is 3.42. The number of hydrogen-bond donors (Lipinski definition) is 1. The lowest BCUT2D eigenvalue weighted by molar-refractivity contribution is 0.154. The lowest BCUT2D eigenvalue weighted by atomic mass is 10.2. The molecular weight excluding hydrogens is 274 g/mol. The Kier molecular flexibility index (Phi) is 8.58. The van der Waals surface area contributed by atoms with Gasteiger partial charge in [0.15, 0.2) is 0 Å². The molecule has 20 heavy (non-hydrogen) atoms. The highest BCUT2D eigenvalue weighted by Crippen LogP contribution is 2.20. The Morgan fingerprint density at radius 2 is 2.15 bits per heavy atom. The lowest BCUT2D eigenvalue weighted by Gasteiger charge is -2.22. The van der Waals surface area contributed by atoms with Crippen LogP contribution in [0.25, 0.3) is 0 Å². The maximum Gasteiger partial charge on any atom is 0.128 e. The number of nitrogens with zero attached hydrogens (tertiary/aromatic N) is 2. The fourth-order valence-corrected chi connectivity index (χ4v) is 2.10. The SMILES string of the molecule is CCCNCc1cc(N(CC)CCOCC)ncc1Cl. The zero-order valence-corrected chi connectivity index (χ0v) is 13.5. The van der Waals surface area contributed by atoms with Gasteiger partial charge in [-0.3, -0.25) is 0 Å². The van der Waals surface area contributed by atoms with Gasteiger partial charge in [-0.1, -0.05) is 18.5 Å². The molecule has 4 nitrogen and oxygen atoms in total.